The van der Waals surface area contributed by atoms with E-state index in [2.05, 4.69) is 20.9 Å². The van der Waals surface area contributed by atoms with Crippen LogP contribution in [0.15, 0.2) is 21.2 Å². The maximum Gasteiger partial charge on any atom is 0.427 e. The Morgan fingerprint density at radius 1 is 1.03 bits per heavy atom. The number of pyridine rings is 1. The summed E-state index contributed by atoms with van der Waals surface area (Å²) < 4.78 is 21.7. The van der Waals surface area contributed by atoms with E-state index in [1.54, 1.807) is 47.6 Å². The summed E-state index contributed by atoms with van der Waals surface area (Å²) in [5, 5.41) is 0. The van der Waals surface area contributed by atoms with Crippen molar-refractivity contribution >= 4 is 51.1 Å². The zero-order valence-electron chi connectivity index (χ0n) is 17.3. The molecule has 0 bridgehead atoms. The first-order valence-electron chi connectivity index (χ1n) is 8.66. The third-order valence-electron chi connectivity index (χ3n) is 3.22. The summed E-state index contributed by atoms with van der Waals surface area (Å²) >= 11 is 3.26. The lowest BCUT2D eigenvalue weighted by Crippen LogP contribution is -2.44. The molecule has 0 aromatic carbocycles. The van der Waals surface area contributed by atoms with Gasteiger partial charge in [0.25, 0.3) is 0 Å². The lowest BCUT2D eigenvalue weighted by molar-refractivity contribution is 0.0422. The molecule has 0 aliphatic rings. The van der Waals surface area contributed by atoms with Crippen LogP contribution in [-0.4, -0.2) is 41.5 Å². The average molecular weight is 471 g/mol. The molecule has 0 unspecified atom stereocenters. The minimum atomic E-state index is -1.07. The van der Waals surface area contributed by atoms with E-state index in [1.165, 1.54) is 6.20 Å². The Kier molecular flexibility index (Phi) is 6.27. The minimum absolute atomic E-state index is 0.118. The zero-order valence-corrected chi connectivity index (χ0v) is 18.9. The molecule has 0 radical (unpaired) electrons. The van der Waals surface area contributed by atoms with Crippen molar-refractivity contribution in [2.75, 3.05) is 12.0 Å². The minimum Gasteiger partial charge on any atom is -0.465 e. The third kappa shape index (κ3) is 5.47. The molecule has 0 aliphatic carbocycles. The molecule has 2 aromatic heterocycles. The summed E-state index contributed by atoms with van der Waals surface area (Å²) in [6, 6.07) is 1.54. The number of rotatable bonds is 2. The summed E-state index contributed by atoms with van der Waals surface area (Å²) in [5.41, 5.74) is -1.77. The second-order valence-corrected chi connectivity index (χ2v) is 8.99. The molecular weight excluding hydrogens is 448 g/mol. The van der Waals surface area contributed by atoms with Gasteiger partial charge in [-0.2, -0.15) is 0 Å². The number of esters is 1. The van der Waals surface area contributed by atoms with Crippen molar-refractivity contribution < 1.29 is 33.0 Å². The number of anilines is 1. The number of furan rings is 1. The number of imide groups is 1. The van der Waals surface area contributed by atoms with E-state index < -0.39 is 35.2 Å². The van der Waals surface area contributed by atoms with E-state index in [-0.39, 0.29) is 16.7 Å². The van der Waals surface area contributed by atoms with Crippen molar-refractivity contribution in [1.29, 1.82) is 0 Å². The van der Waals surface area contributed by atoms with Crippen LogP contribution in [0.25, 0.3) is 11.1 Å². The first-order valence-corrected chi connectivity index (χ1v) is 9.45. The van der Waals surface area contributed by atoms with Crippen LogP contribution in [-0.2, 0) is 14.2 Å². The molecule has 2 heterocycles. The highest BCUT2D eigenvalue weighted by atomic mass is 79.9. The van der Waals surface area contributed by atoms with Gasteiger partial charge in [0.05, 0.1) is 7.11 Å². The van der Waals surface area contributed by atoms with Crippen molar-refractivity contribution in [2.45, 2.75) is 52.7 Å². The maximum absolute atomic E-state index is 12.9. The monoisotopic (exact) mass is 470 g/mol. The highest BCUT2D eigenvalue weighted by Gasteiger charge is 2.39. The first-order chi connectivity index (χ1) is 13.2. The molecule has 0 saturated heterocycles. The molecule has 0 spiro atoms. The van der Waals surface area contributed by atoms with Gasteiger partial charge in [-0.05, 0) is 63.5 Å². The van der Waals surface area contributed by atoms with Gasteiger partial charge in [-0.15, -0.1) is 4.90 Å². The normalized spacial score (nSPS) is 11.9. The number of amides is 2. The molecule has 0 fully saturated rings. The molecule has 158 valence electrons. The lowest BCUT2D eigenvalue weighted by atomic mass is 10.2. The molecule has 0 atom stereocenters. The number of ether oxygens (including phenoxy) is 3. The molecule has 0 saturated carbocycles. The van der Waals surface area contributed by atoms with Gasteiger partial charge in [-0.25, -0.2) is 14.4 Å². The van der Waals surface area contributed by atoms with Crippen LogP contribution in [0.2, 0.25) is 0 Å². The molecule has 2 aromatic rings. The molecule has 29 heavy (non-hydrogen) atoms. The second-order valence-electron chi connectivity index (χ2n) is 8.07. The molecule has 0 N–H and O–H groups in total. The van der Waals surface area contributed by atoms with Crippen LogP contribution in [0, 0.1) is 0 Å². The van der Waals surface area contributed by atoms with Crippen LogP contribution >= 0.6 is 15.9 Å². The lowest BCUT2D eigenvalue weighted by Gasteiger charge is -2.27. The summed E-state index contributed by atoms with van der Waals surface area (Å²) in [7, 11) is 1.16. The predicted octanol–water partition coefficient (Wildman–Crippen LogP) is 5.05. The Morgan fingerprint density at radius 3 is 2.00 bits per heavy atom. The summed E-state index contributed by atoms with van der Waals surface area (Å²) in [5.74, 6) is -1.24. The number of nitrogens with zero attached hydrogens (tertiary/aromatic N) is 2. The maximum atomic E-state index is 12.9. The third-order valence-corrected chi connectivity index (χ3v) is 3.66. The number of hydrogen-bond donors (Lipinski definition) is 0. The topological polar surface area (TPSA) is 108 Å². The average Bonchev–Trinajstić information content (AvgIpc) is 2.88. The fourth-order valence-electron chi connectivity index (χ4n) is 2.24. The highest BCUT2D eigenvalue weighted by Crippen LogP contribution is 2.35. The zero-order chi connectivity index (χ0) is 22.1. The number of fused-ring (bicyclic) bond motifs is 1. The summed E-state index contributed by atoms with van der Waals surface area (Å²) in [6.07, 6.45) is -0.704. The van der Waals surface area contributed by atoms with Crippen molar-refractivity contribution in [2.24, 2.45) is 0 Å². The van der Waals surface area contributed by atoms with Gasteiger partial charge >= 0.3 is 18.2 Å². The predicted molar refractivity (Wildman–Crippen MR) is 108 cm³/mol. The van der Waals surface area contributed by atoms with Crippen molar-refractivity contribution in [3.8, 4) is 0 Å². The van der Waals surface area contributed by atoms with Crippen molar-refractivity contribution in [1.82, 2.24) is 4.98 Å². The van der Waals surface area contributed by atoms with Crippen molar-refractivity contribution in [3.63, 3.8) is 0 Å². The molecule has 0 aliphatic heterocycles. The number of halogens is 1. The molecular formula is C19H23BrN2O7. The fraction of sp³-hybridized carbons (Fsp3) is 0.474. The summed E-state index contributed by atoms with van der Waals surface area (Å²) in [4.78, 5) is 42.8. The number of aromatic nitrogens is 1. The molecule has 2 amide bonds. The fourth-order valence-corrected chi connectivity index (χ4v) is 2.55. The number of carbonyl (C=O) groups is 3. The van der Waals surface area contributed by atoms with E-state index >= 15 is 0 Å². The summed E-state index contributed by atoms with van der Waals surface area (Å²) in [6.45, 7) is 9.81. The van der Waals surface area contributed by atoms with Crippen LogP contribution < -0.4 is 4.90 Å². The van der Waals surface area contributed by atoms with E-state index in [1.807, 2.05) is 0 Å². The molecule has 10 heteroatoms. The van der Waals surface area contributed by atoms with Crippen LogP contribution in [0.4, 0.5) is 15.5 Å². The van der Waals surface area contributed by atoms with E-state index in [0.717, 1.165) is 7.11 Å². The van der Waals surface area contributed by atoms with E-state index in [4.69, 9.17) is 18.6 Å². The van der Waals surface area contributed by atoms with Crippen LogP contribution in [0.1, 0.15) is 51.9 Å². The number of methoxy groups -OCH3 is 1. The highest BCUT2D eigenvalue weighted by molar-refractivity contribution is 9.10. The SMILES string of the molecule is COC(=O)c1c(N(C(=O)OC(C)(C)C)C(=O)OC(C)(C)C)oc2cc(Br)cnc12. The van der Waals surface area contributed by atoms with E-state index in [0.29, 0.717) is 9.37 Å². The smallest absolute Gasteiger partial charge is 0.427 e. The Morgan fingerprint density at radius 2 is 1.55 bits per heavy atom. The Labute approximate surface area is 176 Å². The van der Waals surface area contributed by atoms with Gasteiger partial charge in [-0.1, -0.05) is 0 Å². The number of carbonyl (C=O) groups excluding carboxylic acids is 3. The van der Waals surface area contributed by atoms with Gasteiger partial charge in [-0.3, -0.25) is 4.98 Å². The number of hydrogen-bond acceptors (Lipinski definition) is 8. The second kappa shape index (κ2) is 8.02. The van der Waals surface area contributed by atoms with Crippen LogP contribution in [0.5, 0.6) is 0 Å². The van der Waals surface area contributed by atoms with E-state index in [9.17, 15) is 14.4 Å². The molecule has 9 nitrogen and oxygen atoms in total. The van der Waals surface area contributed by atoms with Gasteiger partial charge in [0.1, 0.15) is 16.7 Å². The van der Waals surface area contributed by atoms with Gasteiger partial charge in [0.2, 0.25) is 5.88 Å². The largest absolute Gasteiger partial charge is 0.465 e. The van der Waals surface area contributed by atoms with Gasteiger partial charge in [0, 0.05) is 10.7 Å². The Bertz CT molecular complexity index is 926. The van der Waals surface area contributed by atoms with Crippen LogP contribution in [0.3, 0.4) is 0 Å². The Hall–Kier alpha value is -2.62. The van der Waals surface area contributed by atoms with Gasteiger partial charge in [0.15, 0.2) is 11.1 Å². The Balaban J connectivity index is 2.71. The van der Waals surface area contributed by atoms with Crippen molar-refractivity contribution in [3.05, 3.63) is 22.3 Å². The molecule has 2 rings (SSSR count). The quantitative estimate of drug-likeness (QED) is 0.442. The first kappa shape index (κ1) is 22.7. The standard InChI is InChI=1S/C19H23BrN2O7/c1-18(2,3)28-16(24)22(17(25)29-19(4,5)6)14-12(15(23)26-7)13-11(27-14)8-10(20)9-21-13/h8-9H,1-7H3. The van der Waals surface area contributed by atoms with Gasteiger partial charge < -0.3 is 18.6 Å².